The number of carbonyl (C=O) groups excluding carboxylic acids is 1. The lowest BCUT2D eigenvalue weighted by molar-refractivity contribution is -0.117. The molecule has 1 aliphatic rings. The van der Waals surface area contributed by atoms with Gasteiger partial charge in [0.05, 0.1) is 28.8 Å². The summed E-state index contributed by atoms with van der Waals surface area (Å²) in [6.07, 6.45) is 6.06. The minimum absolute atomic E-state index is 0.228. The molecule has 4 nitrogen and oxygen atoms in total. The summed E-state index contributed by atoms with van der Waals surface area (Å²) >= 11 is 6.17. The zero-order chi connectivity index (χ0) is 24.1. The highest BCUT2D eigenvalue weighted by molar-refractivity contribution is 6.30. The number of halogens is 1. The van der Waals surface area contributed by atoms with Crippen LogP contribution in [0, 0.1) is 6.92 Å². The Balaban J connectivity index is 1.58. The van der Waals surface area contributed by atoms with E-state index in [1.54, 1.807) is 6.92 Å². The fraction of sp³-hybridized carbons (Fsp3) is 0.414. The second-order valence-corrected chi connectivity index (χ2v) is 9.89. The van der Waals surface area contributed by atoms with Gasteiger partial charge in [0.25, 0.3) is 0 Å². The van der Waals surface area contributed by atoms with Gasteiger partial charge >= 0.3 is 0 Å². The maximum Gasteiger partial charge on any atom is 0.129 e. The van der Waals surface area contributed by atoms with E-state index in [0.29, 0.717) is 12.2 Å². The third-order valence-corrected chi connectivity index (χ3v) is 7.00. The van der Waals surface area contributed by atoms with E-state index in [4.69, 9.17) is 21.6 Å². The SMILES string of the molecule is CC(=O)CCCCCCN1CCc2nc(-c3ccc(C)cc3)c(-c3ccc(Cl)cc3)nc2C1C. The largest absolute Gasteiger partial charge is 0.300 e. The van der Waals surface area contributed by atoms with Crippen LogP contribution in [0.25, 0.3) is 22.5 Å². The Morgan fingerprint density at radius 2 is 1.56 bits per heavy atom. The first-order chi connectivity index (χ1) is 16.4. The molecule has 0 saturated carbocycles. The minimum atomic E-state index is 0.228. The first-order valence-electron chi connectivity index (χ1n) is 12.4. The molecule has 0 spiro atoms. The van der Waals surface area contributed by atoms with Gasteiger partial charge in [-0.1, -0.05) is 66.4 Å². The average molecular weight is 476 g/mol. The molecule has 1 aliphatic heterocycles. The topological polar surface area (TPSA) is 46.1 Å². The van der Waals surface area contributed by atoms with Gasteiger partial charge in [-0.3, -0.25) is 4.90 Å². The number of unbranched alkanes of at least 4 members (excludes halogenated alkanes) is 3. The summed E-state index contributed by atoms with van der Waals surface area (Å²) < 4.78 is 0. The van der Waals surface area contributed by atoms with E-state index in [2.05, 4.69) is 43.0 Å². The van der Waals surface area contributed by atoms with Crippen molar-refractivity contribution < 1.29 is 4.79 Å². The molecular weight excluding hydrogens is 442 g/mol. The molecule has 4 rings (SSSR count). The molecule has 3 aromatic rings. The number of fused-ring (bicyclic) bond motifs is 1. The van der Waals surface area contributed by atoms with Crippen LogP contribution in [-0.2, 0) is 11.2 Å². The molecule has 1 unspecified atom stereocenters. The molecule has 0 N–H and O–H groups in total. The molecule has 2 aromatic carbocycles. The van der Waals surface area contributed by atoms with Crippen LogP contribution in [0.3, 0.4) is 0 Å². The number of benzene rings is 2. The average Bonchev–Trinajstić information content (AvgIpc) is 2.83. The van der Waals surface area contributed by atoms with Gasteiger partial charge in [-0.2, -0.15) is 0 Å². The highest BCUT2D eigenvalue weighted by Crippen LogP contribution is 2.35. The third-order valence-electron chi connectivity index (χ3n) is 6.75. The molecule has 5 heteroatoms. The van der Waals surface area contributed by atoms with Crippen molar-refractivity contribution in [3.63, 3.8) is 0 Å². The predicted octanol–water partition coefficient (Wildman–Crippen LogP) is 7.23. The van der Waals surface area contributed by atoms with Crippen molar-refractivity contribution in [3.8, 4) is 22.5 Å². The number of ketones is 1. The molecule has 0 fully saturated rings. The summed E-state index contributed by atoms with van der Waals surface area (Å²) in [5.41, 5.74) is 7.40. The first-order valence-corrected chi connectivity index (χ1v) is 12.8. The number of carbonyl (C=O) groups is 1. The third kappa shape index (κ3) is 5.92. The van der Waals surface area contributed by atoms with E-state index >= 15 is 0 Å². The predicted molar refractivity (Wildman–Crippen MR) is 140 cm³/mol. The van der Waals surface area contributed by atoms with Gasteiger partial charge < -0.3 is 4.79 Å². The van der Waals surface area contributed by atoms with Crippen molar-refractivity contribution >= 4 is 17.4 Å². The second kappa shape index (κ2) is 11.2. The van der Waals surface area contributed by atoms with Gasteiger partial charge in [0.2, 0.25) is 0 Å². The molecule has 2 heterocycles. The number of Topliss-reactive ketones (excluding diaryl/α,β-unsaturated/α-hetero) is 1. The molecule has 0 saturated heterocycles. The molecule has 1 atom stereocenters. The van der Waals surface area contributed by atoms with E-state index in [9.17, 15) is 4.79 Å². The number of hydrogen-bond donors (Lipinski definition) is 0. The van der Waals surface area contributed by atoms with E-state index in [1.165, 1.54) is 5.56 Å². The van der Waals surface area contributed by atoms with Crippen LogP contribution in [0.15, 0.2) is 48.5 Å². The monoisotopic (exact) mass is 475 g/mol. The van der Waals surface area contributed by atoms with E-state index < -0.39 is 0 Å². The fourth-order valence-corrected chi connectivity index (χ4v) is 4.81. The Morgan fingerprint density at radius 1 is 0.941 bits per heavy atom. The second-order valence-electron chi connectivity index (χ2n) is 9.45. The Morgan fingerprint density at radius 3 is 2.24 bits per heavy atom. The van der Waals surface area contributed by atoms with Crippen LogP contribution in [0.4, 0.5) is 0 Å². The van der Waals surface area contributed by atoms with Gasteiger partial charge in [-0.25, -0.2) is 9.97 Å². The lowest BCUT2D eigenvalue weighted by atomic mass is 9.98. The van der Waals surface area contributed by atoms with Crippen LogP contribution in [0.1, 0.15) is 68.9 Å². The number of nitrogens with zero attached hydrogens (tertiary/aromatic N) is 3. The van der Waals surface area contributed by atoms with Crippen molar-refractivity contribution in [2.45, 2.75) is 65.3 Å². The fourth-order valence-electron chi connectivity index (χ4n) is 4.69. The van der Waals surface area contributed by atoms with Crippen molar-refractivity contribution in [2.24, 2.45) is 0 Å². The Labute approximate surface area is 208 Å². The molecule has 178 valence electrons. The van der Waals surface area contributed by atoms with Crippen LogP contribution < -0.4 is 0 Å². The smallest absolute Gasteiger partial charge is 0.129 e. The van der Waals surface area contributed by atoms with Crippen LogP contribution >= 0.6 is 11.6 Å². The van der Waals surface area contributed by atoms with Gasteiger partial charge in [0.15, 0.2) is 0 Å². The standard InChI is InChI=1S/C29H34ClN3O/c1-20-9-11-23(12-10-20)28-29(24-13-15-25(30)16-14-24)32-27-22(3)33(19-17-26(27)31-28)18-7-5-4-6-8-21(2)34/h9-16,22H,4-8,17-19H2,1-3H3. The van der Waals surface area contributed by atoms with Crippen molar-refractivity contribution in [3.05, 3.63) is 70.5 Å². The van der Waals surface area contributed by atoms with Crippen molar-refractivity contribution in [2.75, 3.05) is 13.1 Å². The highest BCUT2D eigenvalue weighted by atomic mass is 35.5. The van der Waals surface area contributed by atoms with Gasteiger partial charge in [0.1, 0.15) is 5.78 Å². The maximum atomic E-state index is 11.1. The van der Waals surface area contributed by atoms with Crippen LogP contribution in [-0.4, -0.2) is 33.7 Å². The molecular formula is C29H34ClN3O. The summed E-state index contributed by atoms with van der Waals surface area (Å²) in [7, 11) is 0. The highest BCUT2D eigenvalue weighted by Gasteiger charge is 2.28. The lowest BCUT2D eigenvalue weighted by Gasteiger charge is -2.34. The molecule has 0 amide bonds. The van der Waals surface area contributed by atoms with Crippen molar-refractivity contribution in [1.82, 2.24) is 14.9 Å². The number of aromatic nitrogens is 2. The summed E-state index contributed by atoms with van der Waals surface area (Å²) in [6.45, 7) is 8.08. The number of aryl methyl sites for hydroxylation is 1. The summed E-state index contributed by atoms with van der Waals surface area (Å²) in [5.74, 6) is 0.293. The van der Waals surface area contributed by atoms with Crippen LogP contribution in [0.2, 0.25) is 5.02 Å². The first kappa shape index (κ1) is 24.6. The molecule has 1 aromatic heterocycles. The van der Waals surface area contributed by atoms with E-state index in [-0.39, 0.29) is 6.04 Å². The Hall–Kier alpha value is -2.56. The van der Waals surface area contributed by atoms with Gasteiger partial charge in [-0.15, -0.1) is 0 Å². The van der Waals surface area contributed by atoms with Gasteiger partial charge in [0, 0.05) is 35.5 Å². The number of hydrogen-bond acceptors (Lipinski definition) is 4. The zero-order valence-corrected chi connectivity index (χ0v) is 21.2. The lowest BCUT2D eigenvalue weighted by Crippen LogP contribution is -2.36. The van der Waals surface area contributed by atoms with E-state index in [0.717, 1.165) is 84.1 Å². The van der Waals surface area contributed by atoms with Crippen LogP contribution in [0.5, 0.6) is 0 Å². The molecule has 0 bridgehead atoms. The van der Waals surface area contributed by atoms with Gasteiger partial charge in [-0.05, 0) is 52.3 Å². The Bertz CT molecular complexity index is 1130. The summed E-state index contributed by atoms with van der Waals surface area (Å²) in [4.78, 5) is 24.1. The van der Waals surface area contributed by atoms with Crippen molar-refractivity contribution in [1.29, 1.82) is 0 Å². The van der Waals surface area contributed by atoms with E-state index in [1.807, 2.05) is 24.3 Å². The maximum absolute atomic E-state index is 11.1. The number of rotatable bonds is 9. The Kier molecular flexibility index (Phi) is 8.12. The molecule has 34 heavy (non-hydrogen) atoms. The quantitative estimate of drug-likeness (QED) is 0.306. The zero-order valence-electron chi connectivity index (χ0n) is 20.5. The normalized spacial score (nSPS) is 15.8. The summed E-state index contributed by atoms with van der Waals surface area (Å²) in [5, 5.41) is 0.717. The summed E-state index contributed by atoms with van der Waals surface area (Å²) in [6, 6.07) is 16.6. The minimum Gasteiger partial charge on any atom is -0.300 e. The molecule has 0 aliphatic carbocycles. The molecule has 0 radical (unpaired) electrons.